The maximum absolute atomic E-state index is 5.94. The molecular formula is C13H7Cl2N. The average Bonchev–Trinajstić information content (AvgIpc) is 2.26. The minimum absolute atomic E-state index is 0.696. The van der Waals surface area contributed by atoms with Gasteiger partial charge in [0.25, 0.3) is 0 Å². The minimum atomic E-state index is 0.696. The van der Waals surface area contributed by atoms with Crippen LogP contribution in [0, 0.1) is 0 Å². The van der Waals surface area contributed by atoms with E-state index < -0.39 is 0 Å². The summed E-state index contributed by atoms with van der Waals surface area (Å²) in [4.78, 5) is 4.53. The van der Waals surface area contributed by atoms with Gasteiger partial charge in [0, 0.05) is 20.8 Å². The molecule has 1 nitrogen and oxygen atoms in total. The molecule has 3 rings (SSSR count). The van der Waals surface area contributed by atoms with Gasteiger partial charge < -0.3 is 0 Å². The first-order chi connectivity index (χ1) is 7.72. The third kappa shape index (κ3) is 1.62. The van der Waals surface area contributed by atoms with Crippen LogP contribution in [-0.2, 0) is 0 Å². The second-order valence-electron chi connectivity index (χ2n) is 3.66. The normalized spacial score (nSPS) is 11.1. The molecule has 78 valence electrons. The summed E-state index contributed by atoms with van der Waals surface area (Å²) in [5.41, 5.74) is 1.78. The SMILES string of the molecule is Clc1ccc2cc3ccc(Cl)cc3nc2c1. The maximum Gasteiger partial charge on any atom is 0.0724 e. The van der Waals surface area contributed by atoms with Crippen LogP contribution in [0.4, 0.5) is 0 Å². The summed E-state index contributed by atoms with van der Waals surface area (Å²) in [5.74, 6) is 0. The molecule has 0 aliphatic carbocycles. The van der Waals surface area contributed by atoms with Crippen LogP contribution in [0.2, 0.25) is 10.0 Å². The lowest BCUT2D eigenvalue weighted by molar-refractivity contribution is 1.50. The van der Waals surface area contributed by atoms with Crippen LogP contribution in [0.5, 0.6) is 0 Å². The number of rotatable bonds is 0. The molecule has 0 amide bonds. The number of benzene rings is 2. The highest BCUT2D eigenvalue weighted by atomic mass is 35.5. The summed E-state index contributed by atoms with van der Waals surface area (Å²) < 4.78 is 0. The van der Waals surface area contributed by atoms with Crippen LogP contribution >= 0.6 is 23.2 Å². The van der Waals surface area contributed by atoms with Crippen LogP contribution in [0.15, 0.2) is 42.5 Å². The van der Waals surface area contributed by atoms with E-state index in [0.717, 1.165) is 21.8 Å². The van der Waals surface area contributed by atoms with Crippen molar-refractivity contribution in [2.24, 2.45) is 0 Å². The molecule has 0 radical (unpaired) electrons. The van der Waals surface area contributed by atoms with Crippen LogP contribution < -0.4 is 0 Å². The molecule has 0 saturated heterocycles. The second-order valence-corrected chi connectivity index (χ2v) is 4.54. The van der Waals surface area contributed by atoms with Crippen molar-refractivity contribution in [3.8, 4) is 0 Å². The summed E-state index contributed by atoms with van der Waals surface area (Å²) in [7, 11) is 0. The number of fused-ring (bicyclic) bond motifs is 2. The van der Waals surface area contributed by atoms with Gasteiger partial charge in [-0.25, -0.2) is 4.98 Å². The molecule has 2 aromatic carbocycles. The fraction of sp³-hybridized carbons (Fsp3) is 0. The fourth-order valence-electron chi connectivity index (χ4n) is 1.77. The van der Waals surface area contributed by atoms with E-state index in [-0.39, 0.29) is 0 Å². The van der Waals surface area contributed by atoms with Crippen LogP contribution in [0.3, 0.4) is 0 Å². The van der Waals surface area contributed by atoms with E-state index in [9.17, 15) is 0 Å². The zero-order chi connectivity index (χ0) is 11.1. The van der Waals surface area contributed by atoms with Gasteiger partial charge in [0.2, 0.25) is 0 Å². The Morgan fingerprint density at radius 1 is 0.688 bits per heavy atom. The largest absolute Gasteiger partial charge is 0.248 e. The van der Waals surface area contributed by atoms with E-state index in [1.54, 1.807) is 0 Å². The molecule has 0 aliphatic rings. The van der Waals surface area contributed by atoms with Crippen molar-refractivity contribution < 1.29 is 0 Å². The monoisotopic (exact) mass is 247 g/mol. The zero-order valence-electron chi connectivity index (χ0n) is 8.24. The Labute approximate surface area is 103 Å². The molecule has 0 fully saturated rings. The topological polar surface area (TPSA) is 12.9 Å². The van der Waals surface area contributed by atoms with E-state index >= 15 is 0 Å². The van der Waals surface area contributed by atoms with Crippen LogP contribution in [0.25, 0.3) is 21.8 Å². The Bertz CT molecular complexity index is 635. The van der Waals surface area contributed by atoms with Crippen molar-refractivity contribution in [3.05, 3.63) is 52.5 Å². The van der Waals surface area contributed by atoms with E-state index in [1.165, 1.54) is 0 Å². The van der Waals surface area contributed by atoms with Crippen LogP contribution in [0.1, 0.15) is 0 Å². The lowest BCUT2D eigenvalue weighted by Crippen LogP contribution is -1.82. The molecule has 0 atom stereocenters. The van der Waals surface area contributed by atoms with Crippen molar-refractivity contribution in [2.45, 2.75) is 0 Å². The molecule has 0 saturated carbocycles. The Balaban J connectivity index is 2.44. The first-order valence-electron chi connectivity index (χ1n) is 4.88. The molecule has 3 heteroatoms. The summed E-state index contributed by atoms with van der Waals surface area (Å²) in [5, 5.41) is 3.56. The zero-order valence-corrected chi connectivity index (χ0v) is 9.76. The van der Waals surface area contributed by atoms with Crippen molar-refractivity contribution in [3.63, 3.8) is 0 Å². The van der Waals surface area contributed by atoms with Crippen molar-refractivity contribution in [2.75, 3.05) is 0 Å². The molecular weight excluding hydrogens is 241 g/mol. The second kappa shape index (κ2) is 3.62. The first kappa shape index (κ1) is 9.88. The summed E-state index contributed by atoms with van der Waals surface area (Å²) >= 11 is 11.9. The molecule has 0 spiro atoms. The Kier molecular flexibility index (Phi) is 2.23. The van der Waals surface area contributed by atoms with Crippen LogP contribution in [-0.4, -0.2) is 4.98 Å². The highest BCUT2D eigenvalue weighted by Gasteiger charge is 2.01. The van der Waals surface area contributed by atoms with Crippen molar-refractivity contribution in [1.29, 1.82) is 0 Å². The fourth-order valence-corrected chi connectivity index (χ4v) is 2.10. The van der Waals surface area contributed by atoms with Gasteiger partial charge >= 0.3 is 0 Å². The number of nitrogens with zero attached hydrogens (tertiary/aromatic N) is 1. The quantitative estimate of drug-likeness (QED) is 0.525. The van der Waals surface area contributed by atoms with E-state index in [0.29, 0.717) is 10.0 Å². The molecule has 0 N–H and O–H groups in total. The summed E-state index contributed by atoms with van der Waals surface area (Å²) in [6.07, 6.45) is 0. The number of aromatic nitrogens is 1. The third-order valence-corrected chi connectivity index (χ3v) is 3.01. The number of halogens is 2. The van der Waals surface area contributed by atoms with Gasteiger partial charge in [-0.3, -0.25) is 0 Å². The smallest absolute Gasteiger partial charge is 0.0724 e. The molecule has 3 aromatic rings. The summed E-state index contributed by atoms with van der Waals surface area (Å²) in [6, 6.07) is 13.5. The maximum atomic E-state index is 5.94. The molecule has 0 unspecified atom stereocenters. The number of hydrogen-bond donors (Lipinski definition) is 0. The molecule has 1 heterocycles. The molecule has 16 heavy (non-hydrogen) atoms. The minimum Gasteiger partial charge on any atom is -0.248 e. The van der Waals surface area contributed by atoms with Gasteiger partial charge in [-0.1, -0.05) is 35.3 Å². The first-order valence-corrected chi connectivity index (χ1v) is 5.63. The van der Waals surface area contributed by atoms with Gasteiger partial charge in [0.15, 0.2) is 0 Å². The third-order valence-electron chi connectivity index (χ3n) is 2.54. The summed E-state index contributed by atoms with van der Waals surface area (Å²) in [6.45, 7) is 0. The number of pyridine rings is 1. The lowest BCUT2D eigenvalue weighted by Gasteiger charge is -2.02. The van der Waals surface area contributed by atoms with Gasteiger partial charge in [-0.05, 0) is 30.3 Å². The van der Waals surface area contributed by atoms with E-state index in [4.69, 9.17) is 23.2 Å². The predicted molar refractivity (Wildman–Crippen MR) is 69.3 cm³/mol. The highest BCUT2D eigenvalue weighted by molar-refractivity contribution is 6.31. The number of hydrogen-bond acceptors (Lipinski definition) is 1. The van der Waals surface area contributed by atoms with Gasteiger partial charge in [0.1, 0.15) is 0 Å². The average molecular weight is 248 g/mol. The Morgan fingerprint density at radius 2 is 1.19 bits per heavy atom. The lowest BCUT2D eigenvalue weighted by atomic mass is 10.1. The van der Waals surface area contributed by atoms with Gasteiger partial charge in [-0.2, -0.15) is 0 Å². The van der Waals surface area contributed by atoms with Crippen molar-refractivity contribution >= 4 is 45.0 Å². The van der Waals surface area contributed by atoms with E-state index in [1.807, 2.05) is 36.4 Å². The van der Waals surface area contributed by atoms with E-state index in [2.05, 4.69) is 11.1 Å². The standard InChI is InChI=1S/C13H7Cl2N/c14-10-3-1-8-5-9-2-4-11(15)7-13(9)16-12(8)6-10/h1-7H. The van der Waals surface area contributed by atoms with Crippen molar-refractivity contribution in [1.82, 2.24) is 4.98 Å². The van der Waals surface area contributed by atoms with Gasteiger partial charge in [-0.15, -0.1) is 0 Å². The molecule has 1 aromatic heterocycles. The predicted octanol–water partition coefficient (Wildman–Crippen LogP) is 4.69. The molecule has 0 bridgehead atoms. The van der Waals surface area contributed by atoms with Gasteiger partial charge in [0.05, 0.1) is 11.0 Å². The highest BCUT2D eigenvalue weighted by Crippen LogP contribution is 2.24. The Morgan fingerprint density at radius 3 is 1.69 bits per heavy atom. The molecule has 0 aliphatic heterocycles. The Hall–Kier alpha value is -1.31.